The van der Waals surface area contributed by atoms with E-state index in [4.69, 9.17) is 4.74 Å². The molecule has 0 aliphatic carbocycles. The standard InChI is InChI=1S/C17H24N2O/c1-14(2)5-6-15-7-8-16(13-17(15)20-4)19-11-9-18(3)10-12-19/h5-8,13H,1,9-12H2,2-4H3/b6-5+. The van der Waals surface area contributed by atoms with Crippen molar-refractivity contribution in [1.82, 2.24) is 4.90 Å². The van der Waals surface area contributed by atoms with Crippen LogP contribution in [0, 0.1) is 0 Å². The number of methoxy groups -OCH3 is 1. The lowest BCUT2D eigenvalue weighted by molar-refractivity contribution is 0.312. The van der Waals surface area contributed by atoms with E-state index in [9.17, 15) is 0 Å². The number of hydrogen-bond acceptors (Lipinski definition) is 3. The van der Waals surface area contributed by atoms with Crippen LogP contribution in [0.2, 0.25) is 0 Å². The number of likely N-dealkylation sites (N-methyl/N-ethyl adjacent to an activating group) is 1. The second kappa shape index (κ2) is 6.62. The van der Waals surface area contributed by atoms with Crippen LogP contribution in [0.1, 0.15) is 12.5 Å². The number of nitrogens with zero attached hydrogens (tertiary/aromatic N) is 2. The first-order valence-corrected chi connectivity index (χ1v) is 7.05. The van der Waals surface area contributed by atoms with E-state index in [1.54, 1.807) is 7.11 Å². The summed E-state index contributed by atoms with van der Waals surface area (Å²) in [5, 5.41) is 0. The number of ether oxygens (including phenoxy) is 1. The zero-order valence-corrected chi connectivity index (χ0v) is 12.7. The van der Waals surface area contributed by atoms with Crippen LogP contribution in [0.3, 0.4) is 0 Å². The van der Waals surface area contributed by atoms with Crippen LogP contribution in [0.4, 0.5) is 5.69 Å². The van der Waals surface area contributed by atoms with Gasteiger partial charge in [-0.2, -0.15) is 0 Å². The Hall–Kier alpha value is -1.74. The molecule has 20 heavy (non-hydrogen) atoms. The molecule has 1 aromatic rings. The molecule has 0 atom stereocenters. The van der Waals surface area contributed by atoms with Gasteiger partial charge in [0.15, 0.2) is 0 Å². The normalized spacial score (nSPS) is 16.6. The van der Waals surface area contributed by atoms with Crippen molar-refractivity contribution in [2.24, 2.45) is 0 Å². The van der Waals surface area contributed by atoms with Crippen LogP contribution in [0.25, 0.3) is 6.08 Å². The maximum Gasteiger partial charge on any atom is 0.128 e. The van der Waals surface area contributed by atoms with Gasteiger partial charge in [0, 0.05) is 43.5 Å². The largest absolute Gasteiger partial charge is 0.496 e. The minimum Gasteiger partial charge on any atom is -0.496 e. The van der Waals surface area contributed by atoms with Crippen molar-refractivity contribution in [2.45, 2.75) is 6.92 Å². The van der Waals surface area contributed by atoms with Crippen LogP contribution < -0.4 is 9.64 Å². The molecular formula is C17H24N2O. The minimum absolute atomic E-state index is 0.916. The van der Waals surface area contributed by atoms with E-state index in [-0.39, 0.29) is 0 Å². The number of piperazine rings is 1. The zero-order valence-electron chi connectivity index (χ0n) is 12.7. The maximum absolute atomic E-state index is 5.51. The minimum atomic E-state index is 0.916. The highest BCUT2D eigenvalue weighted by molar-refractivity contribution is 5.65. The summed E-state index contributed by atoms with van der Waals surface area (Å²) in [5.74, 6) is 0.916. The predicted octanol–water partition coefficient (Wildman–Crippen LogP) is 3.04. The monoisotopic (exact) mass is 272 g/mol. The van der Waals surface area contributed by atoms with E-state index in [0.717, 1.165) is 43.1 Å². The predicted molar refractivity (Wildman–Crippen MR) is 86.6 cm³/mol. The molecule has 0 amide bonds. The van der Waals surface area contributed by atoms with Crippen LogP contribution in [0.5, 0.6) is 5.75 Å². The Bertz CT molecular complexity index is 500. The fourth-order valence-electron chi connectivity index (χ4n) is 2.33. The van der Waals surface area contributed by atoms with Gasteiger partial charge in [-0.15, -0.1) is 0 Å². The van der Waals surface area contributed by atoms with Gasteiger partial charge in [-0.05, 0) is 26.1 Å². The van der Waals surface area contributed by atoms with Crippen molar-refractivity contribution < 1.29 is 4.74 Å². The van der Waals surface area contributed by atoms with Gasteiger partial charge in [-0.3, -0.25) is 0 Å². The molecule has 108 valence electrons. The third-order valence-corrected chi connectivity index (χ3v) is 3.63. The van der Waals surface area contributed by atoms with Gasteiger partial charge < -0.3 is 14.5 Å². The van der Waals surface area contributed by atoms with Crippen LogP contribution >= 0.6 is 0 Å². The Morgan fingerprint density at radius 1 is 1.25 bits per heavy atom. The van der Waals surface area contributed by atoms with Gasteiger partial charge >= 0.3 is 0 Å². The second-order valence-corrected chi connectivity index (χ2v) is 5.40. The summed E-state index contributed by atoms with van der Waals surface area (Å²) < 4.78 is 5.51. The third-order valence-electron chi connectivity index (χ3n) is 3.63. The molecule has 1 saturated heterocycles. The SMILES string of the molecule is C=C(C)/C=C/c1ccc(N2CCN(C)CC2)cc1OC. The molecule has 3 heteroatoms. The molecule has 1 aliphatic heterocycles. The maximum atomic E-state index is 5.51. The van der Waals surface area contributed by atoms with Crippen molar-refractivity contribution in [3.05, 3.63) is 42.0 Å². The molecular weight excluding hydrogens is 248 g/mol. The molecule has 0 aromatic heterocycles. The summed E-state index contributed by atoms with van der Waals surface area (Å²) in [7, 11) is 3.89. The van der Waals surface area contributed by atoms with Crippen LogP contribution in [-0.4, -0.2) is 45.2 Å². The van der Waals surface area contributed by atoms with Gasteiger partial charge in [0.2, 0.25) is 0 Å². The Morgan fingerprint density at radius 3 is 2.55 bits per heavy atom. The van der Waals surface area contributed by atoms with Gasteiger partial charge in [0.1, 0.15) is 5.75 Å². The number of anilines is 1. The van der Waals surface area contributed by atoms with E-state index in [1.807, 2.05) is 13.0 Å². The molecule has 0 saturated carbocycles. The van der Waals surface area contributed by atoms with E-state index in [1.165, 1.54) is 5.69 Å². The second-order valence-electron chi connectivity index (χ2n) is 5.40. The summed E-state index contributed by atoms with van der Waals surface area (Å²) in [6.07, 6.45) is 4.06. The molecule has 0 bridgehead atoms. The summed E-state index contributed by atoms with van der Waals surface area (Å²) >= 11 is 0. The topological polar surface area (TPSA) is 15.7 Å². The fraction of sp³-hybridized carbons (Fsp3) is 0.412. The average molecular weight is 272 g/mol. The summed E-state index contributed by atoms with van der Waals surface area (Å²) in [5.41, 5.74) is 3.37. The van der Waals surface area contributed by atoms with E-state index >= 15 is 0 Å². The van der Waals surface area contributed by atoms with E-state index in [0.29, 0.717) is 0 Å². The highest BCUT2D eigenvalue weighted by atomic mass is 16.5. The first-order valence-electron chi connectivity index (χ1n) is 7.05. The first-order chi connectivity index (χ1) is 9.60. The fourth-order valence-corrected chi connectivity index (χ4v) is 2.33. The molecule has 1 aliphatic rings. The summed E-state index contributed by atoms with van der Waals surface area (Å²) in [4.78, 5) is 4.77. The summed E-state index contributed by atoms with van der Waals surface area (Å²) in [6.45, 7) is 10.2. The van der Waals surface area contributed by atoms with E-state index in [2.05, 4.69) is 47.7 Å². The van der Waals surface area contributed by atoms with Gasteiger partial charge in [0.25, 0.3) is 0 Å². The molecule has 1 heterocycles. The van der Waals surface area contributed by atoms with Crippen molar-refractivity contribution in [3.63, 3.8) is 0 Å². The quantitative estimate of drug-likeness (QED) is 0.784. The van der Waals surface area contributed by atoms with Crippen LogP contribution in [-0.2, 0) is 0 Å². The average Bonchev–Trinajstić information content (AvgIpc) is 2.45. The van der Waals surface area contributed by atoms with Crippen LogP contribution in [0.15, 0.2) is 36.4 Å². The van der Waals surface area contributed by atoms with E-state index < -0.39 is 0 Å². The lowest BCUT2D eigenvalue weighted by atomic mass is 10.1. The molecule has 2 rings (SSSR count). The first kappa shape index (κ1) is 14.7. The van der Waals surface area contributed by atoms with Crippen molar-refractivity contribution >= 4 is 11.8 Å². The number of allylic oxidation sites excluding steroid dienone is 2. The Morgan fingerprint density at radius 2 is 1.95 bits per heavy atom. The highest BCUT2D eigenvalue weighted by Gasteiger charge is 2.15. The summed E-state index contributed by atoms with van der Waals surface area (Å²) in [6, 6.07) is 6.42. The number of hydrogen-bond donors (Lipinski definition) is 0. The van der Waals surface area contributed by atoms with Crippen molar-refractivity contribution in [3.8, 4) is 5.75 Å². The molecule has 0 radical (unpaired) electrons. The van der Waals surface area contributed by atoms with Gasteiger partial charge in [-0.25, -0.2) is 0 Å². The lowest BCUT2D eigenvalue weighted by Crippen LogP contribution is -2.44. The molecule has 3 nitrogen and oxygen atoms in total. The molecule has 1 aromatic carbocycles. The molecule has 0 unspecified atom stereocenters. The molecule has 0 N–H and O–H groups in total. The smallest absolute Gasteiger partial charge is 0.128 e. The Balaban J connectivity index is 2.18. The van der Waals surface area contributed by atoms with Crippen molar-refractivity contribution in [2.75, 3.05) is 45.2 Å². The van der Waals surface area contributed by atoms with Gasteiger partial charge in [-0.1, -0.05) is 24.3 Å². The van der Waals surface area contributed by atoms with Crippen molar-refractivity contribution in [1.29, 1.82) is 0 Å². The Kier molecular flexibility index (Phi) is 4.85. The van der Waals surface area contributed by atoms with Gasteiger partial charge in [0.05, 0.1) is 7.11 Å². The molecule has 0 spiro atoms. The lowest BCUT2D eigenvalue weighted by Gasteiger charge is -2.34. The zero-order chi connectivity index (χ0) is 14.5. The Labute approximate surface area is 122 Å². The number of benzene rings is 1. The third kappa shape index (κ3) is 3.64. The number of rotatable bonds is 4. The molecule has 1 fully saturated rings. The highest BCUT2D eigenvalue weighted by Crippen LogP contribution is 2.27.